The highest BCUT2D eigenvalue weighted by atomic mass is 16.3. The maximum absolute atomic E-state index is 9.43. The van der Waals surface area contributed by atoms with Crippen molar-refractivity contribution < 1.29 is 5.11 Å². The molecular weight excluding hydrogens is 210 g/mol. The van der Waals surface area contributed by atoms with Crippen molar-refractivity contribution in [3.63, 3.8) is 0 Å². The number of hydrogen-bond acceptors (Lipinski definition) is 1. The van der Waals surface area contributed by atoms with Crippen molar-refractivity contribution in [2.75, 3.05) is 0 Å². The average Bonchev–Trinajstić information content (AvgIpc) is 2.72. The van der Waals surface area contributed by atoms with E-state index in [-0.39, 0.29) is 0 Å². The van der Waals surface area contributed by atoms with Gasteiger partial charge in [0.25, 0.3) is 0 Å². The number of phenolic OH excluding ortho intramolecular Hbond substituents is 1. The van der Waals surface area contributed by atoms with E-state index in [1.807, 2.05) is 6.07 Å². The number of nitrogens with one attached hydrogen (secondary N) is 1. The average molecular weight is 223 g/mol. The fraction of sp³-hybridized carbons (Fsp3) is 0.0667. The number of benzene rings is 2. The Morgan fingerprint density at radius 3 is 2.47 bits per heavy atom. The number of aryl methyl sites for hydroxylation is 1. The minimum absolute atomic E-state index is 0.298. The van der Waals surface area contributed by atoms with Crippen molar-refractivity contribution in [1.29, 1.82) is 0 Å². The molecule has 2 heteroatoms. The van der Waals surface area contributed by atoms with E-state index in [0.29, 0.717) is 5.75 Å². The van der Waals surface area contributed by atoms with Crippen LogP contribution in [0.15, 0.2) is 48.5 Å². The van der Waals surface area contributed by atoms with Gasteiger partial charge in [0.2, 0.25) is 0 Å². The van der Waals surface area contributed by atoms with Gasteiger partial charge in [-0.3, -0.25) is 0 Å². The van der Waals surface area contributed by atoms with Crippen LogP contribution in [0.3, 0.4) is 0 Å². The standard InChI is InChI=1S/C15H13NO/c1-10-2-4-11(5-3-10)15-9-12-8-13(17)6-7-14(12)16-15/h2-9,16-17H,1H3. The van der Waals surface area contributed by atoms with Gasteiger partial charge in [0.05, 0.1) is 0 Å². The molecule has 84 valence electrons. The third-order valence-corrected chi connectivity index (χ3v) is 2.97. The smallest absolute Gasteiger partial charge is 0.116 e. The Balaban J connectivity index is 2.14. The molecule has 1 aromatic heterocycles. The van der Waals surface area contributed by atoms with Gasteiger partial charge >= 0.3 is 0 Å². The van der Waals surface area contributed by atoms with Gasteiger partial charge in [0, 0.05) is 16.6 Å². The van der Waals surface area contributed by atoms with E-state index in [1.54, 1.807) is 12.1 Å². The molecule has 0 saturated heterocycles. The fourth-order valence-electron chi connectivity index (χ4n) is 2.01. The molecule has 0 radical (unpaired) electrons. The van der Waals surface area contributed by atoms with Crippen LogP contribution in [0.5, 0.6) is 5.75 Å². The minimum atomic E-state index is 0.298. The van der Waals surface area contributed by atoms with Crippen molar-refractivity contribution in [1.82, 2.24) is 4.98 Å². The van der Waals surface area contributed by atoms with Gasteiger partial charge in [-0.1, -0.05) is 29.8 Å². The lowest BCUT2D eigenvalue weighted by Crippen LogP contribution is -1.77. The molecule has 0 unspecified atom stereocenters. The molecule has 0 aliphatic rings. The molecule has 2 nitrogen and oxygen atoms in total. The van der Waals surface area contributed by atoms with Crippen molar-refractivity contribution in [3.8, 4) is 17.0 Å². The van der Waals surface area contributed by atoms with E-state index < -0.39 is 0 Å². The minimum Gasteiger partial charge on any atom is -0.508 e. The summed E-state index contributed by atoms with van der Waals surface area (Å²) in [5.74, 6) is 0.298. The molecule has 0 atom stereocenters. The van der Waals surface area contributed by atoms with Crippen LogP contribution in [0.2, 0.25) is 0 Å². The first-order valence-corrected chi connectivity index (χ1v) is 5.61. The normalized spacial score (nSPS) is 10.9. The Morgan fingerprint density at radius 1 is 0.941 bits per heavy atom. The monoisotopic (exact) mass is 223 g/mol. The van der Waals surface area contributed by atoms with Crippen LogP contribution >= 0.6 is 0 Å². The van der Waals surface area contributed by atoms with Gasteiger partial charge in [0.15, 0.2) is 0 Å². The third-order valence-electron chi connectivity index (χ3n) is 2.97. The van der Waals surface area contributed by atoms with Crippen molar-refractivity contribution in [2.24, 2.45) is 0 Å². The van der Waals surface area contributed by atoms with Crippen LogP contribution in [-0.2, 0) is 0 Å². The molecule has 2 N–H and O–H groups in total. The molecule has 0 aliphatic heterocycles. The summed E-state index contributed by atoms with van der Waals surface area (Å²) in [7, 11) is 0. The lowest BCUT2D eigenvalue weighted by Gasteiger charge is -1.97. The first-order valence-electron chi connectivity index (χ1n) is 5.61. The Hall–Kier alpha value is -2.22. The Morgan fingerprint density at radius 2 is 1.71 bits per heavy atom. The number of hydrogen-bond donors (Lipinski definition) is 2. The molecule has 3 rings (SSSR count). The number of aromatic hydroxyl groups is 1. The fourth-order valence-corrected chi connectivity index (χ4v) is 2.01. The quantitative estimate of drug-likeness (QED) is 0.645. The molecule has 0 bridgehead atoms. The number of fused-ring (bicyclic) bond motifs is 1. The Kier molecular flexibility index (Phi) is 2.15. The summed E-state index contributed by atoms with van der Waals surface area (Å²) in [5.41, 5.74) is 4.53. The maximum Gasteiger partial charge on any atom is 0.116 e. The van der Waals surface area contributed by atoms with Crippen LogP contribution in [0, 0.1) is 6.92 Å². The Bertz CT molecular complexity index is 665. The number of aromatic nitrogens is 1. The van der Waals surface area contributed by atoms with Gasteiger partial charge in [-0.15, -0.1) is 0 Å². The number of phenols is 1. The van der Waals surface area contributed by atoms with Crippen LogP contribution in [0.4, 0.5) is 0 Å². The van der Waals surface area contributed by atoms with Crippen molar-refractivity contribution >= 4 is 10.9 Å². The van der Waals surface area contributed by atoms with E-state index >= 15 is 0 Å². The molecule has 0 fully saturated rings. The second-order valence-electron chi connectivity index (χ2n) is 4.32. The topological polar surface area (TPSA) is 36.0 Å². The molecule has 0 amide bonds. The van der Waals surface area contributed by atoms with Crippen molar-refractivity contribution in [2.45, 2.75) is 6.92 Å². The Labute approximate surface area is 99.5 Å². The highest BCUT2D eigenvalue weighted by molar-refractivity contribution is 5.86. The van der Waals surface area contributed by atoms with Crippen molar-refractivity contribution in [3.05, 3.63) is 54.1 Å². The number of aromatic amines is 1. The molecule has 2 aromatic carbocycles. The van der Waals surface area contributed by atoms with Gasteiger partial charge in [-0.25, -0.2) is 0 Å². The first kappa shape index (κ1) is 9.97. The number of rotatable bonds is 1. The predicted molar refractivity (Wildman–Crippen MR) is 70.1 cm³/mol. The summed E-state index contributed by atoms with van der Waals surface area (Å²) in [6.45, 7) is 2.08. The zero-order chi connectivity index (χ0) is 11.8. The molecule has 1 heterocycles. The predicted octanol–water partition coefficient (Wildman–Crippen LogP) is 3.85. The molecule has 0 aliphatic carbocycles. The van der Waals surface area contributed by atoms with E-state index in [0.717, 1.165) is 22.2 Å². The highest BCUT2D eigenvalue weighted by Gasteiger charge is 2.03. The second-order valence-corrected chi connectivity index (χ2v) is 4.32. The first-order chi connectivity index (χ1) is 8.22. The number of H-pyrrole nitrogens is 1. The van der Waals surface area contributed by atoms with Gasteiger partial charge in [-0.05, 0) is 36.8 Å². The molecule has 3 aromatic rings. The summed E-state index contributed by atoms with van der Waals surface area (Å²) >= 11 is 0. The van der Waals surface area contributed by atoms with E-state index in [4.69, 9.17) is 0 Å². The lowest BCUT2D eigenvalue weighted by atomic mass is 10.1. The zero-order valence-electron chi connectivity index (χ0n) is 9.57. The van der Waals surface area contributed by atoms with E-state index in [2.05, 4.69) is 42.2 Å². The van der Waals surface area contributed by atoms with Crippen LogP contribution in [0.1, 0.15) is 5.56 Å². The van der Waals surface area contributed by atoms with Crippen LogP contribution < -0.4 is 0 Å². The molecule has 0 saturated carbocycles. The zero-order valence-corrected chi connectivity index (χ0v) is 9.57. The van der Waals surface area contributed by atoms with Crippen LogP contribution in [-0.4, -0.2) is 10.1 Å². The lowest BCUT2D eigenvalue weighted by molar-refractivity contribution is 0.476. The van der Waals surface area contributed by atoms with E-state index in [9.17, 15) is 5.11 Å². The summed E-state index contributed by atoms with van der Waals surface area (Å²) < 4.78 is 0. The van der Waals surface area contributed by atoms with Gasteiger partial charge < -0.3 is 10.1 Å². The molecular formula is C15H13NO. The molecule has 0 spiro atoms. The summed E-state index contributed by atoms with van der Waals surface area (Å²) in [4.78, 5) is 3.35. The largest absolute Gasteiger partial charge is 0.508 e. The second kappa shape index (κ2) is 3.67. The summed E-state index contributed by atoms with van der Waals surface area (Å²) in [5, 5.41) is 10.5. The van der Waals surface area contributed by atoms with E-state index in [1.165, 1.54) is 5.56 Å². The van der Waals surface area contributed by atoms with Gasteiger partial charge in [-0.2, -0.15) is 0 Å². The third kappa shape index (κ3) is 1.78. The maximum atomic E-state index is 9.43. The summed E-state index contributed by atoms with van der Waals surface area (Å²) in [6, 6.07) is 15.8. The van der Waals surface area contributed by atoms with Crippen LogP contribution in [0.25, 0.3) is 22.2 Å². The highest BCUT2D eigenvalue weighted by Crippen LogP contribution is 2.26. The molecule has 17 heavy (non-hydrogen) atoms. The van der Waals surface area contributed by atoms with Gasteiger partial charge in [0.1, 0.15) is 5.75 Å². The SMILES string of the molecule is Cc1ccc(-c2cc3cc(O)ccc3[nH]2)cc1. The summed E-state index contributed by atoms with van der Waals surface area (Å²) in [6.07, 6.45) is 0.